The molecule has 1 N–H and O–H groups in total. The number of aromatic nitrogens is 4. The molecular weight excluding hydrogens is 452 g/mol. The Balaban J connectivity index is 1.44. The third-order valence-electron chi connectivity index (χ3n) is 4.67. The Hall–Kier alpha value is -3.11. The molecule has 0 saturated carbocycles. The van der Waals surface area contributed by atoms with Gasteiger partial charge in [0.25, 0.3) is 0 Å². The Bertz CT molecular complexity index is 1240. The van der Waals surface area contributed by atoms with Crippen LogP contribution in [0.4, 0.5) is 13.9 Å². The van der Waals surface area contributed by atoms with Gasteiger partial charge in [-0.2, -0.15) is 0 Å². The highest BCUT2D eigenvalue weighted by Crippen LogP contribution is 2.29. The van der Waals surface area contributed by atoms with Crippen molar-refractivity contribution in [2.75, 3.05) is 5.32 Å². The Morgan fingerprint density at radius 3 is 2.62 bits per heavy atom. The lowest BCUT2D eigenvalue weighted by Gasteiger charge is -2.11. The third kappa shape index (κ3) is 4.71. The monoisotopic (exact) mass is 471 g/mol. The summed E-state index contributed by atoms with van der Waals surface area (Å²) in [6.45, 7) is 4.44. The van der Waals surface area contributed by atoms with Crippen LogP contribution < -0.4 is 5.32 Å². The molecule has 0 fully saturated rings. The van der Waals surface area contributed by atoms with Crippen molar-refractivity contribution >= 4 is 34.1 Å². The van der Waals surface area contributed by atoms with Crippen LogP contribution in [0.3, 0.4) is 0 Å². The molecule has 0 saturated heterocycles. The molecule has 0 aliphatic heterocycles. The van der Waals surface area contributed by atoms with Crippen molar-refractivity contribution in [3.05, 3.63) is 65.5 Å². The summed E-state index contributed by atoms with van der Waals surface area (Å²) in [5.74, 6) is -1.35. The largest absolute Gasteiger partial charge is 0.302 e. The van der Waals surface area contributed by atoms with Crippen LogP contribution in [0.5, 0.6) is 0 Å². The maximum absolute atomic E-state index is 13.5. The van der Waals surface area contributed by atoms with Gasteiger partial charge < -0.3 is 9.88 Å². The molecule has 0 bridgehead atoms. The number of carbonyl (C=O) groups is 1. The van der Waals surface area contributed by atoms with E-state index >= 15 is 0 Å². The molecule has 2 aromatic carbocycles. The molecule has 0 spiro atoms. The first-order chi connectivity index (χ1) is 15.5. The van der Waals surface area contributed by atoms with E-state index in [9.17, 15) is 13.6 Å². The molecular formula is C22H19F2N5OS2. The van der Waals surface area contributed by atoms with E-state index in [-0.39, 0.29) is 5.91 Å². The lowest BCUT2D eigenvalue weighted by atomic mass is 10.2. The number of amides is 1. The van der Waals surface area contributed by atoms with E-state index in [1.165, 1.54) is 29.2 Å². The Morgan fingerprint density at radius 2 is 1.91 bits per heavy atom. The second-order valence-corrected chi connectivity index (χ2v) is 9.00. The number of anilines is 1. The summed E-state index contributed by atoms with van der Waals surface area (Å²) in [6, 6.07) is 13.3. The summed E-state index contributed by atoms with van der Waals surface area (Å²) >= 11 is 2.52. The fourth-order valence-corrected chi connectivity index (χ4v) is 4.64. The number of halogens is 2. The molecule has 0 aliphatic carbocycles. The minimum atomic E-state index is -0.944. The molecule has 2 aromatic heterocycles. The van der Waals surface area contributed by atoms with Crippen molar-refractivity contribution in [1.82, 2.24) is 19.7 Å². The molecule has 1 unspecified atom stereocenters. The first kappa shape index (κ1) is 22.1. The van der Waals surface area contributed by atoms with Gasteiger partial charge in [0.05, 0.1) is 10.9 Å². The second-order valence-electron chi connectivity index (χ2n) is 6.83. The van der Waals surface area contributed by atoms with Gasteiger partial charge in [0, 0.05) is 23.1 Å². The average molecular weight is 472 g/mol. The molecule has 1 atom stereocenters. The second kappa shape index (κ2) is 9.58. The highest BCUT2D eigenvalue weighted by atomic mass is 32.2. The van der Waals surface area contributed by atoms with Gasteiger partial charge in [-0.25, -0.2) is 13.8 Å². The van der Waals surface area contributed by atoms with Crippen molar-refractivity contribution in [3.63, 3.8) is 0 Å². The molecule has 4 rings (SSSR count). The predicted octanol–water partition coefficient (Wildman–Crippen LogP) is 5.49. The van der Waals surface area contributed by atoms with E-state index in [1.54, 1.807) is 12.3 Å². The summed E-state index contributed by atoms with van der Waals surface area (Å²) in [5.41, 5.74) is 1.86. The molecule has 32 heavy (non-hydrogen) atoms. The quantitative estimate of drug-likeness (QED) is 0.361. The fourth-order valence-electron chi connectivity index (χ4n) is 3.00. The highest BCUT2D eigenvalue weighted by Gasteiger charge is 2.21. The Morgan fingerprint density at radius 1 is 1.12 bits per heavy atom. The molecule has 1 amide bonds. The zero-order valence-electron chi connectivity index (χ0n) is 17.3. The standard InChI is InChI=1S/C22H19F2N5OS2/c1-3-29-19(14-7-5-4-6-8-14)27-28-22(29)32-13(2)20(30)26-21-25-18(12-31-21)15-9-10-16(23)17(24)11-15/h4-13H,3H2,1-2H3,(H,25,26,30). The summed E-state index contributed by atoms with van der Waals surface area (Å²) in [5, 5.41) is 13.6. The number of hydrogen-bond acceptors (Lipinski definition) is 6. The Kier molecular flexibility index (Phi) is 6.61. The highest BCUT2D eigenvalue weighted by molar-refractivity contribution is 8.00. The van der Waals surface area contributed by atoms with E-state index in [0.29, 0.717) is 28.1 Å². The zero-order valence-corrected chi connectivity index (χ0v) is 18.9. The lowest BCUT2D eigenvalue weighted by molar-refractivity contribution is -0.115. The van der Waals surface area contributed by atoms with E-state index in [0.717, 1.165) is 23.5 Å². The fraction of sp³-hybridized carbons (Fsp3) is 0.182. The van der Waals surface area contributed by atoms with E-state index < -0.39 is 16.9 Å². The smallest absolute Gasteiger partial charge is 0.239 e. The average Bonchev–Trinajstić information content (AvgIpc) is 3.43. The van der Waals surface area contributed by atoms with Gasteiger partial charge in [-0.05, 0) is 32.0 Å². The van der Waals surface area contributed by atoms with Crippen molar-refractivity contribution in [2.24, 2.45) is 0 Å². The minimum absolute atomic E-state index is 0.242. The molecule has 0 radical (unpaired) electrons. The van der Waals surface area contributed by atoms with Gasteiger partial charge >= 0.3 is 0 Å². The number of carbonyl (C=O) groups excluding carboxylic acids is 1. The van der Waals surface area contributed by atoms with Crippen LogP contribution in [0.1, 0.15) is 13.8 Å². The maximum Gasteiger partial charge on any atom is 0.239 e. The number of thioether (sulfide) groups is 1. The van der Waals surface area contributed by atoms with Gasteiger partial charge in [0.1, 0.15) is 0 Å². The van der Waals surface area contributed by atoms with Crippen molar-refractivity contribution in [3.8, 4) is 22.6 Å². The first-order valence-corrected chi connectivity index (χ1v) is 11.6. The number of nitrogens with one attached hydrogen (secondary N) is 1. The van der Waals surface area contributed by atoms with Crippen molar-refractivity contribution in [2.45, 2.75) is 30.8 Å². The van der Waals surface area contributed by atoms with E-state index in [2.05, 4.69) is 20.5 Å². The molecule has 0 aliphatic rings. The summed E-state index contributed by atoms with van der Waals surface area (Å²) in [6.07, 6.45) is 0. The van der Waals surface area contributed by atoms with Gasteiger partial charge in [-0.15, -0.1) is 21.5 Å². The van der Waals surface area contributed by atoms with Crippen LogP contribution in [-0.2, 0) is 11.3 Å². The number of benzene rings is 2. The number of nitrogens with zero attached hydrogens (tertiary/aromatic N) is 4. The molecule has 10 heteroatoms. The number of rotatable bonds is 7. The summed E-state index contributed by atoms with van der Waals surface area (Å²) in [7, 11) is 0. The van der Waals surface area contributed by atoms with Gasteiger partial charge in [0.2, 0.25) is 5.91 Å². The van der Waals surface area contributed by atoms with E-state index in [1.807, 2.05) is 41.8 Å². The van der Waals surface area contributed by atoms with E-state index in [4.69, 9.17) is 0 Å². The molecule has 2 heterocycles. The topological polar surface area (TPSA) is 72.7 Å². The van der Waals surface area contributed by atoms with Gasteiger partial charge in [0.15, 0.2) is 27.7 Å². The zero-order chi connectivity index (χ0) is 22.7. The normalized spacial score (nSPS) is 12.0. The number of hydrogen-bond donors (Lipinski definition) is 1. The van der Waals surface area contributed by atoms with Crippen LogP contribution >= 0.6 is 23.1 Å². The Labute approximate surface area is 191 Å². The van der Waals surface area contributed by atoms with Crippen LogP contribution in [0.15, 0.2) is 59.1 Å². The molecule has 4 aromatic rings. The first-order valence-electron chi connectivity index (χ1n) is 9.83. The van der Waals surface area contributed by atoms with Gasteiger partial charge in [-0.3, -0.25) is 4.79 Å². The van der Waals surface area contributed by atoms with Gasteiger partial charge in [-0.1, -0.05) is 42.1 Å². The SMILES string of the molecule is CCn1c(SC(C)C(=O)Nc2nc(-c3ccc(F)c(F)c3)cs2)nnc1-c1ccccc1. The lowest BCUT2D eigenvalue weighted by Crippen LogP contribution is -2.22. The molecule has 6 nitrogen and oxygen atoms in total. The van der Waals surface area contributed by atoms with Crippen LogP contribution in [0.2, 0.25) is 0 Å². The van der Waals surface area contributed by atoms with Crippen molar-refractivity contribution < 1.29 is 13.6 Å². The number of thiazole rings is 1. The van der Waals surface area contributed by atoms with Crippen molar-refractivity contribution in [1.29, 1.82) is 0 Å². The van der Waals surface area contributed by atoms with Crippen LogP contribution in [0, 0.1) is 11.6 Å². The predicted molar refractivity (Wildman–Crippen MR) is 123 cm³/mol. The molecule has 164 valence electrons. The van der Waals surface area contributed by atoms with Crippen LogP contribution in [-0.4, -0.2) is 30.9 Å². The van der Waals surface area contributed by atoms with Crippen LogP contribution in [0.25, 0.3) is 22.6 Å². The summed E-state index contributed by atoms with van der Waals surface area (Å²) in [4.78, 5) is 17.0. The maximum atomic E-state index is 13.5. The minimum Gasteiger partial charge on any atom is -0.302 e. The third-order valence-corrected chi connectivity index (χ3v) is 6.50. The summed E-state index contributed by atoms with van der Waals surface area (Å²) < 4.78 is 28.6.